The Morgan fingerprint density at radius 1 is 1.35 bits per heavy atom. The van der Waals surface area contributed by atoms with Crippen LogP contribution in [-0.2, 0) is 11.0 Å². The molecule has 1 N–H and O–H groups in total. The van der Waals surface area contributed by atoms with Crippen LogP contribution in [0.15, 0.2) is 12.1 Å². The molecule has 0 bridgehead atoms. The maximum absolute atomic E-state index is 12.8. The van der Waals surface area contributed by atoms with Crippen molar-refractivity contribution < 1.29 is 27.9 Å². The van der Waals surface area contributed by atoms with Gasteiger partial charge >= 0.3 is 12.1 Å². The molecule has 9 heteroatoms. The van der Waals surface area contributed by atoms with Crippen molar-refractivity contribution in [1.82, 2.24) is 9.88 Å². The lowest BCUT2D eigenvalue weighted by molar-refractivity contribution is -0.145. The molecule has 0 spiro atoms. The number of carbonyl (C=O) groups is 2. The molecule has 1 saturated heterocycles. The van der Waals surface area contributed by atoms with Crippen LogP contribution in [0.2, 0.25) is 0 Å². The lowest BCUT2D eigenvalue weighted by Gasteiger charge is -2.34. The molecule has 5 nitrogen and oxygen atoms in total. The van der Waals surface area contributed by atoms with E-state index in [9.17, 15) is 27.9 Å². The fourth-order valence-corrected chi connectivity index (χ4v) is 4.45. The van der Waals surface area contributed by atoms with E-state index in [1.807, 2.05) is 0 Å². The molecule has 0 saturated carbocycles. The van der Waals surface area contributed by atoms with Crippen LogP contribution in [0, 0.1) is 18.8 Å². The van der Waals surface area contributed by atoms with E-state index in [-0.39, 0.29) is 16.7 Å². The van der Waals surface area contributed by atoms with Crippen LogP contribution >= 0.6 is 11.3 Å². The van der Waals surface area contributed by atoms with Gasteiger partial charge in [0.25, 0.3) is 5.91 Å². The molecule has 1 amide bonds. The number of fused-ring (bicyclic) bond motifs is 1. The van der Waals surface area contributed by atoms with Crippen molar-refractivity contribution in [2.45, 2.75) is 26.4 Å². The molecule has 0 radical (unpaired) electrons. The molecule has 1 fully saturated rings. The van der Waals surface area contributed by atoms with Crippen LogP contribution < -0.4 is 0 Å². The molecule has 1 aliphatic heterocycles. The highest BCUT2D eigenvalue weighted by Gasteiger charge is 2.35. The molecule has 26 heavy (non-hydrogen) atoms. The monoisotopic (exact) mass is 386 g/mol. The fourth-order valence-electron chi connectivity index (χ4n) is 3.30. The number of aryl methyl sites for hydroxylation is 1. The first-order valence-corrected chi connectivity index (χ1v) is 8.90. The van der Waals surface area contributed by atoms with Gasteiger partial charge in [-0.25, -0.2) is 4.98 Å². The van der Waals surface area contributed by atoms with Crippen LogP contribution in [-0.4, -0.2) is 40.0 Å². The van der Waals surface area contributed by atoms with Crippen molar-refractivity contribution in [2.24, 2.45) is 11.8 Å². The number of aliphatic carboxylic acids is 1. The van der Waals surface area contributed by atoms with Crippen molar-refractivity contribution in [3.05, 3.63) is 28.3 Å². The van der Waals surface area contributed by atoms with Crippen LogP contribution in [0.1, 0.15) is 34.3 Å². The number of hydrogen-bond acceptors (Lipinski definition) is 4. The van der Waals surface area contributed by atoms with Crippen LogP contribution in [0.25, 0.3) is 10.2 Å². The summed E-state index contributed by atoms with van der Waals surface area (Å²) in [6, 6.07) is 2.25. The van der Waals surface area contributed by atoms with Gasteiger partial charge in [-0.1, -0.05) is 6.92 Å². The first-order chi connectivity index (χ1) is 12.1. The normalized spacial score (nSPS) is 21.2. The molecular formula is C17H17F3N2O3S. The summed E-state index contributed by atoms with van der Waals surface area (Å²) < 4.78 is 38.5. The number of nitrogens with zero attached hydrogens (tertiary/aromatic N) is 2. The standard InChI is InChI=1S/C17H17F3N2O3S/c1-8-7-22(6-5-10(8)16(24)25)15(23)13-9(2)11-3-4-12(17(18,19)20)21-14(11)26-13/h3-4,8,10H,5-7H2,1-2H3,(H,24,25). The van der Waals surface area contributed by atoms with E-state index < -0.39 is 23.8 Å². The second kappa shape index (κ2) is 6.53. The Morgan fingerprint density at radius 3 is 2.62 bits per heavy atom. The zero-order chi connectivity index (χ0) is 19.2. The Bertz CT molecular complexity index is 878. The first kappa shape index (κ1) is 18.6. The zero-order valence-corrected chi connectivity index (χ0v) is 14.9. The highest BCUT2D eigenvalue weighted by Crippen LogP contribution is 2.35. The summed E-state index contributed by atoms with van der Waals surface area (Å²) in [6.07, 6.45) is -4.17. The molecule has 1 aliphatic rings. The number of alkyl halides is 3. The summed E-state index contributed by atoms with van der Waals surface area (Å²) in [4.78, 5) is 29.8. The number of hydrogen-bond donors (Lipinski definition) is 1. The van der Waals surface area contributed by atoms with E-state index in [0.29, 0.717) is 35.3 Å². The number of pyridine rings is 1. The summed E-state index contributed by atoms with van der Waals surface area (Å²) in [5, 5.41) is 9.71. The van der Waals surface area contributed by atoms with Crippen molar-refractivity contribution >= 4 is 33.4 Å². The lowest BCUT2D eigenvalue weighted by Crippen LogP contribution is -2.44. The Morgan fingerprint density at radius 2 is 2.04 bits per heavy atom. The van der Waals surface area contributed by atoms with Crippen molar-refractivity contribution in [2.75, 3.05) is 13.1 Å². The highest BCUT2D eigenvalue weighted by atomic mass is 32.1. The average molecular weight is 386 g/mol. The number of rotatable bonds is 2. The van der Waals surface area contributed by atoms with Crippen LogP contribution in [0.5, 0.6) is 0 Å². The molecule has 3 rings (SSSR count). The number of piperidine rings is 1. The minimum atomic E-state index is -4.54. The van der Waals surface area contributed by atoms with Gasteiger partial charge in [0.2, 0.25) is 0 Å². The Kier molecular flexibility index (Phi) is 4.68. The SMILES string of the molecule is Cc1c(C(=O)N2CCC(C(=O)O)C(C)C2)sc2nc(C(F)(F)F)ccc12. The van der Waals surface area contributed by atoms with E-state index in [4.69, 9.17) is 0 Å². The summed E-state index contributed by atoms with van der Waals surface area (Å²) >= 11 is 0.946. The minimum Gasteiger partial charge on any atom is -0.481 e. The van der Waals surface area contributed by atoms with E-state index in [1.165, 1.54) is 6.07 Å². The third-order valence-corrected chi connectivity index (χ3v) is 5.99. The van der Waals surface area contributed by atoms with E-state index >= 15 is 0 Å². The number of aromatic nitrogens is 1. The van der Waals surface area contributed by atoms with Crippen molar-refractivity contribution in [3.63, 3.8) is 0 Å². The highest BCUT2D eigenvalue weighted by molar-refractivity contribution is 7.20. The number of thiophene rings is 1. The van der Waals surface area contributed by atoms with Gasteiger partial charge in [0.05, 0.1) is 10.8 Å². The third-order valence-electron chi connectivity index (χ3n) is 4.80. The van der Waals surface area contributed by atoms with Crippen molar-refractivity contribution in [1.29, 1.82) is 0 Å². The van der Waals surface area contributed by atoms with Gasteiger partial charge in [-0.2, -0.15) is 13.2 Å². The number of halogens is 3. The molecule has 2 unspecified atom stereocenters. The Hall–Kier alpha value is -2.16. The average Bonchev–Trinajstić information content (AvgIpc) is 2.89. The summed E-state index contributed by atoms with van der Waals surface area (Å²) in [6.45, 7) is 4.10. The maximum atomic E-state index is 12.8. The molecule has 2 atom stereocenters. The minimum absolute atomic E-state index is 0.175. The van der Waals surface area contributed by atoms with E-state index in [0.717, 1.165) is 17.4 Å². The summed E-state index contributed by atoms with van der Waals surface area (Å²) in [7, 11) is 0. The Balaban J connectivity index is 1.89. The Labute approximate surface area is 151 Å². The summed E-state index contributed by atoms with van der Waals surface area (Å²) in [5.74, 6) is -1.82. The molecule has 2 aromatic rings. The third kappa shape index (κ3) is 3.27. The number of likely N-dealkylation sites (tertiary alicyclic amines) is 1. The second-order valence-electron chi connectivity index (χ2n) is 6.57. The van der Waals surface area contributed by atoms with Crippen molar-refractivity contribution in [3.8, 4) is 0 Å². The number of carbonyl (C=O) groups excluding carboxylic acids is 1. The number of carboxylic acids is 1. The smallest absolute Gasteiger partial charge is 0.433 e. The van der Waals surface area contributed by atoms with Gasteiger partial charge in [-0.05, 0) is 37.0 Å². The van der Waals surface area contributed by atoms with Gasteiger partial charge in [-0.15, -0.1) is 11.3 Å². The molecule has 3 heterocycles. The second-order valence-corrected chi connectivity index (χ2v) is 7.56. The number of carboxylic acid groups (broad SMARTS) is 1. The van der Waals surface area contributed by atoms with E-state index in [2.05, 4.69) is 4.98 Å². The van der Waals surface area contributed by atoms with Gasteiger partial charge in [0, 0.05) is 18.5 Å². The molecule has 0 aliphatic carbocycles. The van der Waals surface area contributed by atoms with Crippen LogP contribution in [0.4, 0.5) is 13.2 Å². The van der Waals surface area contributed by atoms with E-state index in [1.54, 1.807) is 18.7 Å². The zero-order valence-electron chi connectivity index (χ0n) is 14.1. The molecule has 0 aromatic carbocycles. The van der Waals surface area contributed by atoms with Gasteiger partial charge in [0.15, 0.2) is 0 Å². The predicted molar refractivity (Wildman–Crippen MR) is 90.2 cm³/mol. The fraction of sp³-hybridized carbons (Fsp3) is 0.471. The maximum Gasteiger partial charge on any atom is 0.433 e. The first-order valence-electron chi connectivity index (χ1n) is 8.09. The predicted octanol–water partition coefficient (Wildman–Crippen LogP) is 3.81. The molecular weight excluding hydrogens is 369 g/mol. The lowest BCUT2D eigenvalue weighted by atomic mass is 9.87. The topological polar surface area (TPSA) is 70.5 Å². The van der Waals surface area contributed by atoms with Gasteiger partial charge < -0.3 is 10.0 Å². The summed E-state index contributed by atoms with van der Waals surface area (Å²) in [5.41, 5.74) is -0.384. The van der Waals surface area contributed by atoms with Crippen LogP contribution in [0.3, 0.4) is 0 Å². The molecule has 2 aromatic heterocycles. The molecule has 140 valence electrons. The van der Waals surface area contributed by atoms with Gasteiger partial charge in [0.1, 0.15) is 10.5 Å². The van der Waals surface area contributed by atoms with Gasteiger partial charge in [-0.3, -0.25) is 9.59 Å². The quantitative estimate of drug-likeness (QED) is 0.852. The number of amides is 1. The largest absolute Gasteiger partial charge is 0.481 e.